The summed E-state index contributed by atoms with van der Waals surface area (Å²) >= 11 is 1.85. The Balaban J connectivity index is 3.28. The molecule has 0 fully saturated rings. The third-order valence-corrected chi connectivity index (χ3v) is 2.85. The number of carbonyl (C=O) groups is 1. The molecule has 2 N–H and O–H groups in total. The monoisotopic (exact) mass is 219 g/mol. The van der Waals surface area contributed by atoms with Gasteiger partial charge in [0, 0.05) is 18.2 Å². The van der Waals surface area contributed by atoms with E-state index in [-0.39, 0.29) is 0 Å². The minimum atomic E-state index is -0.693. The predicted molar refractivity (Wildman–Crippen MR) is 62.0 cm³/mol. The van der Waals surface area contributed by atoms with Crippen molar-refractivity contribution in [3.63, 3.8) is 0 Å². The van der Waals surface area contributed by atoms with E-state index in [1.807, 2.05) is 11.8 Å². The molecule has 0 aromatic rings. The minimum absolute atomic E-state index is 0.293. The maximum Gasteiger partial charge on any atom is 0.303 e. The van der Waals surface area contributed by atoms with E-state index in [0.29, 0.717) is 12.5 Å². The molecule has 0 aromatic carbocycles. The molecule has 0 saturated carbocycles. The second kappa shape index (κ2) is 9.34. The van der Waals surface area contributed by atoms with Crippen LogP contribution in [0.4, 0.5) is 0 Å². The number of hydrogen-bond acceptors (Lipinski definition) is 3. The molecular weight excluding hydrogens is 198 g/mol. The summed E-state index contributed by atoms with van der Waals surface area (Å²) in [7, 11) is 0. The molecule has 0 bridgehead atoms. The lowest BCUT2D eigenvalue weighted by Crippen LogP contribution is -2.31. The quantitative estimate of drug-likeness (QED) is 0.582. The van der Waals surface area contributed by atoms with Gasteiger partial charge in [0.05, 0.1) is 0 Å². The van der Waals surface area contributed by atoms with Gasteiger partial charge in [0.15, 0.2) is 0 Å². The molecule has 0 saturated heterocycles. The van der Waals surface area contributed by atoms with E-state index in [2.05, 4.69) is 18.5 Å². The third-order valence-electron chi connectivity index (χ3n) is 2.11. The Kier molecular flexibility index (Phi) is 9.19. The third kappa shape index (κ3) is 8.38. The van der Waals surface area contributed by atoms with Gasteiger partial charge in [0.2, 0.25) is 0 Å². The van der Waals surface area contributed by atoms with Gasteiger partial charge in [-0.05, 0) is 32.1 Å². The Labute approximate surface area is 90.7 Å². The van der Waals surface area contributed by atoms with E-state index in [4.69, 9.17) is 5.11 Å². The summed E-state index contributed by atoms with van der Waals surface area (Å²) in [6.07, 6.45) is 5.27. The molecule has 84 valence electrons. The molecule has 0 aliphatic rings. The molecule has 0 heterocycles. The van der Waals surface area contributed by atoms with Crippen LogP contribution in [0, 0.1) is 0 Å². The molecule has 4 heteroatoms. The van der Waals surface area contributed by atoms with Crippen molar-refractivity contribution in [3.8, 4) is 0 Å². The molecule has 3 nitrogen and oxygen atoms in total. The van der Waals surface area contributed by atoms with Crippen molar-refractivity contribution >= 4 is 17.7 Å². The van der Waals surface area contributed by atoms with Crippen molar-refractivity contribution in [2.45, 2.75) is 38.6 Å². The van der Waals surface area contributed by atoms with Gasteiger partial charge in [0.1, 0.15) is 0 Å². The number of aliphatic carboxylic acids is 1. The second-order valence-corrected chi connectivity index (χ2v) is 4.28. The summed E-state index contributed by atoms with van der Waals surface area (Å²) in [6.45, 7) is 3.11. The number of thioether (sulfide) groups is 1. The highest BCUT2D eigenvalue weighted by atomic mass is 32.2. The second-order valence-electron chi connectivity index (χ2n) is 3.37. The van der Waals surface area contributed by atoms with Crippen molar-refractivity contribution in [2.75, 3.05) is 18.6 Å². The SMILES string of the molecule is CCC(CSC)NCCCCC(=O)O. The Morgan fingerprint density at radius 1 is 1.50 bits per heavy atom. The Bertz CT molecular complexity index is 153. The Morgan fingerprint density at radius 3 is 2.71 bits per heavy atom. The lowest BCUT2D eigenvalue weighted by atomic mass is 10.2. The Hall–Kier alpha value is -0.220. The molecule has 1 atom stereocenters. The summed E-state index contributed by atoms with van der Waals surface area (Å²) in [5.74, 6) is 0.441. The first kappa shape index (κ1) is 13.8. The molecule has 0 rings (SSSR count). The van der Waals surface area contributed by atoms with E-state index in [1.54, 1.807) is 0 Å². The Morgan fingerprint density at radius 2 is 2.21 bits per heavy atom. The average Bonchev–Trinajstić information content (AvgIpc) is 2.15. The fraction of sp³-hybridized carbons (Fsp3) is 0.900. The van der Waals surface area contributed by atoms with Crippen molar-refractivity contribution in [1.29, 1.82) is 0 Å². The van der Waals surface area contributed by atoms with E-state index >= 15 is 0 Å². The van der Waals surface area contributed by atoms with Gasteiger partial charge in [0.25, 0.3) is 0 Å². The molecule has 0 spiro atoms. The van der Waals surface area contributed by atoms with E-state index in [9.17, 15) is 4.79 Å². The number of carboxylic acid groups (broad SMARTS) is 1. The number of rotatable bonds is 9. The average molecular weight is 219 g/mol. The number of nitrogens with one attached hydrogen (secondary N) is 1. The van der Waals surface area contributed by atoms with Gasteiger partial charge in [-0.2, -0.15) is 11.8 Å². The summed E-state index contributed by atoms with van der Waals surface area (Å²) < 4.78 is 0. The molecule has 0 radical (unpaired) electrons. The van der Waals surface area contributed by atoms with Crippen LogP contribution >= 0.6 is 11.8 Å². The summed E-state index contributed by atoms with van der Waals surface area (Å²) in [5, 5.41) is 11.9. The first-order valence-corrected chi connectivity index (χ1v) is 6.54. The molecular formula is C10H21NO2S. The highest BCUT2D eigenvalue weighted by molar-refractivity contribution is 7.98. The number of unbranched alkanes of at least 4 members (excludes halogenated alkanes) is 1. The zero-order chi connectivity index (χ0) is 10.8. The van der Waals surface area contributed by atoms with Crippen LogP contribution in [0.5, 0.6) is 0 Å². The summed E-state index contributed by atoms with van der Waals surface area (Å²) in [6, 6.07) is 0.579. The van der Waals surface area contributed by atoms with Crippen LogP contribution in [-0.2, 0) is 4.79 Å². The molecule has 0 amide bonds. The highest BCUT2D eigenvalue weighted by Crippen LogP contribution is 2.01. The van der Waals surface area contributed by atoms with Crippen LogP contribution < -0.4 is 5.32 Å². The fourth-order valence-electron chi connectivity index (χ4n) is 1.23. The first-order valence-electron chi connectivity index (χ1n) is 5.14. The van der Waals surface area contributed by atoms with Crippen molar-refractivity contribution in [1.82, 2.24) is 5.32 Å². The van der Waals surface area contributed by atoms with Gasteiger partial charge in [-0.3, -0.25) is 4.79 Å². The van der Waals surface area contributed by atoms with Crippen LogP contribution in [-0.4, -0.2) is 35.7 Å². The zero-order valence-electron chi connectivity index (χ0n) is 9.08. The maximum atomic E-state index is 10.2. The molecule has 14 heavy (non-hydrogen) atoms. The van der Waals surface area contributed by atoms with Crippen LogP contribution in [0.3, 0.4) is 0 Å². The first-order chi connectivity index (χ1) is 6.70. The topological polar surface area (TPSA) is 49.3 Å². The highest BCUT2D eigenvalue weighted by Gasteiger charge is 2.03. The molecule has 0 aromatic heterocycles. The van der Waals surface area contributed by atoms with Gasteiger partial charge in [-0.15, -0.1) is 0 Å². The van der Waals surface area contributed by atoms with Gasteiger partial charge >= 0.3 is 5.97 Å². The molecule has 1 unspecified atom stereocenters. The van der Waals surface area contributed by atoms with Crippen LogP contribution in [0.15, 0.2) is 0 Å². The van der Waals surface area contributed by atoms with Gasteiger partial charge in [-0.25, -0.2) is 0 Å². The van der Waals surface area contributed by atoms with Crippen molar-refractivity contribution < 1.29 is 9.90 Å². The van der Waals surface area contributed by atoms with Crippen LogP contribution in [0.2, 0.25) is 0 Å². The molecule has 0 aliphatic heterocycles. The van der Waals surface area contributed by atoms with E-state index in [0.717, 1.165) is 31.6 Å². The van der Waals surface area contributed by atoms with Gasteiger partial charge < -0.3 is 10.4 Å². The summed E-state index contributed by atoms with van der Waals surface area (Å²) in [4.78, 5) is 10.2. The lowest BCUT2D eigenvalue weighted by Gasteiger charge is -2.15. The normalized spacial score (nSPS) is 12.7. The number of hydrogen-bond donors (Lipinski definition) is 2. The lowest BCUT2D eigenvalue weighted by molar-refractivity contribution is -0.137. The number of carboxylic acids is 1. The smallest absolute Gasteiger partial charge is 0.303 e. The fourth-order valence-corrected chi connectivity index (χ4v) is 1.99. The van der Waals surface area contributed by atoms with Crippen LogP contribution in [0.25, 0.3) is 0 Å². The largest absolute Gasteiger partial charge is 0.481 e. The van der Waals surface area contributed by atoms with Crippen molar-refractivity contribution in [3.05, 3.63) is 0 Å². The zero-order valence-corrected chi connectivity index (χ0v) is 9.90. The standard InChI is InChI=1S/C10H21NO2S/c1-3-9(8-14-2)11-7-5-4-6-10(12)13/h9,11H,3-8H2,1-2H3,(H,12,13). The van der Waals surface area contributed by atoms with Crippen molar-refractivity contribution in [2.24, 2.45) is 0 Å². The molecule has 0 aliphatic carbocycles. The minimum Gasteiger partial charge on any atom is -0.481 e. The summed E-state index contributed by atoms with van der Waals surface area (Å²) in [5.41, 5.74) is 0. The maximum absolute atomic E-state index is 10.2. The van der Waals surface area contributed by atoms with Crippen LogP contribution in [0.1, 0.15) is 32.6 Å². The van der Waals surface area contributed by atoms with E-state index < -0.39 is 5.97 Å². The van der Waals surface area contributed by atoms with Gasteiger partial charge in [-0.1, -0.05) is 6.92 Å². The van der Waals surface area contributed by atoms with E-state index in [1.165, 1.54) is 0 Å². The predicted octanol–water partition coefficient (Wildman–Crippen LogP) is 1.97.